The van der Waals surface area contributed by atoms with Crippen LogP contribution >= 0.6 is 0 Å². The van der Waals surface area contributed by atoms with Crippen molar-refractivity contribution in [3.63, 3.8) is 0 Å². The van der Waals surface area contributed by atoms with Crippen molar-refractivity contribution >= 4 is 40.1 Å². The largest absolute Gasteiger partial charge is 0.466 e. The van der Waals surface area contributed by atoms with Crippen LogP contribution in [0.5, 0.6) is 0 Å². The van der Waals surface area contributed by atoms with Gasteiger partial charge in [0.1, 0.15) is 11.6 Å². The summed E-state index contributed by atoms with van der Waals surface area (Å²) in [5.41, 5.74) is 3.50. The van der Waals surface area contributed by atoms with Gasteiger partial charge in [0.05, 0.1) is 37.2 Å². The molecule has 36 heavy (non-hydrogen) atoms. The minimum atomic E-state index is -0.368. The van der Waals surface area contributed by atoms with Crippen molar-refractivity contribution in [1.82, 2.24) is 14.5 Å². The number of anilines is 2. The van der Waals surface area contributed by atoms with E-state index in [0.717, 1.165) is 17.0 Å². The van der Waals surface area contributed by atoms with Crippen LogP contribution in [0.15, 0.2) is 66.9 Å². The van der Waals surface area contributed by atoms with Gasteiger partial charge in [0.2, 0.25) is 0 Å². The molecule has 2 heterocycles. The molecule has 0 aliphatic carbocycles. The Balaban J connectivity index is 1.55. The van der Waals surface area contributed by atoms with E-state index in [1.165, 1.54) is 4.90 Å². The second-order valence-corrected chi connectivity index (χ2v) is 8.00. The Bertz CT molecular complexity index is 1410. The number of benzene rings is 2. The van der Waals surface area contributed by atoms with Crippen molar-refractivity contribution in [2.75, 3.05) is 23.4 Å². The van der Waals surface area contributed by atoms with Gasteiger partial charge in [-0.1, -0.05) is 18.2 Å². The van der Waals surface area contributed by atoms with E-state index >= 15 is 0 Å². The maximum Gasteiger partial charge on any atom is 0.307 e. The third kappa shape index (κ3) is 5.50. The highest BCUT2D eigenvalue weighted by Crippen LogP contribution is 2.22. The number of rotatable bonds is 9. The topological polar surface area (TPSA) is 93.7 Å². The van der Waals surface area contributed by atoms with Crippen LogP contribution in [0.25, 0.3) is 15.9 Å². The molecule has 0 saturated heterocycles. The fourth-order valence-electron chi connectivity index (χ4n) is 3.80. The Morgan fingerprint density at radius 2 is 1.94 bits per heavy atom. The van der Waals surface area contributed by atoms with Gasteiger partial charge in [-0.05, 0) is 49.4 Å². The number of hydrogen-bond donors (Lipinski definition) is 1. The smallest absolute Gasteiger partial charge is 0.307 e. The number of ether oxygens (including phenoxy) is 1. The summed E-state index contributed by atoms with van der Waals surface area (Å²) in [6.45, 7) is 9.72. The van der Waals surface area contributed by atoms with Crippen LogP contribution in [-0.4, -0.2) is 39.6 Å². The van der Waals surface area contributed by atoms with Crippen molar-refractivity contribution in [1.29, 1.82) is 0 Å². The van der Waals surface area contributed by atoms with E-state index in [0.29, 0.717) is 29.1 Å². The summed E-state index contributed by atoms with van der Waals surface area (Å²) in [5.74, 6) is 0.618. The highest BCUT2D eigenvalue weighted by atomic mass is 16.5. The van der Waals surface area contributed by atoms with Crippen LogP contribution in [0, 0.1) is 6.57 Å². The molecule has 4 aromatic rings. The molecule has 0 saturated carbocycles. The SMILES string of the molecule is [C-]#[N+]c1ccc(NCc2nc3cc(C(=O)N(CCC(=O)OCC)c4ccccn4)ccc3n2C)cc1. The normalized spacial score (nSPS) is 10.6. The minimum absolute atomic E-state index is 0.0642. The van der Waals surface area contributed by atoms with Crippen molar-refractivity contribution in [3.05, 3.63) is 89.7 Å². The Morgan fingerprint density at radius 1 is 1.14 bits per heavy atom. The van der Waals surface area contributed by atoms with Crippen molar-refractivity contribution in [3.8, 4) is 0 Å². The lowest BCUT2D eigenvalue weighted by molar-refractivity contribution is -0.142. The molecule has 2 aromatic carbocycles. The lowest BCUT2D eigenvalue weighted by Gasteiger charge is -2.21. The summed E-state index contributed by atoms with van der Waals surface area (Å²) in [4.78, 5) is 39.3. The van der Waals surface area contributed by atoms with Crippen LogP contribution in [0.1, 0.15) is 29.5 Å². The number of fused-ring (bicyclic) bond motifs is 1. The summed E-state index contributed by atoms with van der Waals surface area (Å²) in [6, 6.07) is 17.9. The Kier molecular flexibility index (Phi) is 7.56. The molecule has 0 spiro atoms. The number of esters is 1. The molecule has 9 nitrogen and oxygen atoms in total. The number of pyridine rings is 1. The molecule has 0 atom stereocenters. The van der Waals surface area contributed by atoms with Crippen molar-refractivity contribution in [2.45, 2.75) is 19.9 Å². The van der Waals surface area contributed by atoms with Gasteiger partial charge in [-0.2, -0.15) is 0 Å². The quantitative estimate of drug-likeness (QED) is 0.274. The third-order valence-corrected chi connectivity index (χ3v) is 5.68. The summed E-state index contributed by atoms with van der Waals surface area (Å²) in [7, 11) is 1.93. The van der Waals surface area contributed by atoms with Crippen LogP contribution in [0.4, 0.5) is 17.2 Å². The van der Waals surface area contributed by atoms with Gasteiger partial charge in [-0.15, -0.1) is 0 Å². The number of aryl methyl sites for hydroxylation is 1. The molecule has 0 fully saturated rings. The molecule has 2 aromatic heterocycles. The fraction of sp³-hybridized carbons (Fsp3) is 0.222. The van der Waals surface area contributed by atoms with Gasteiger partial charge in [-0.3, -0.25) is 14.5 Å². The molecule has 4 rings (SSSR count). The van der Waals surface area contributed by atoms with Crippen LogP contribution in [-0.2, 0) is 23.1 Å². The number of imidazole rings is 1. The number of aromatic nitrogens is 3. The maximum absolute atomic E-state index is 13.5. The number of carbonyl (C=O) groups is 2. The lowest BCUT2D eigenvalue weighted by atomic mass is 10.1. The number of amides is 1. The zero-order valence-electron chi connectivity index (χ0n) is 20.1. The first-order valence-electron chi connectivity index (χ1n) is 11.6. The van der Waals surface area contributed by atoms with Gasteiger partial charge in [0.25, 0.3) is 5.91 Å². The molecule has 1 amide bonds. The Morgan fingerprint density at radius 3 is 2.64 bits per heavy atom. The van der Waals surface area contributed by atoms with E-state index in [4.69, 9.17) is 16.3 Å². The molecular formula is C27H26N6O3. The molecule has 1 N–H and O–H groups in total. The van der Waals surface area contributed by atoms with Gasteiger partial charge in [0.15, 0.2) is 5.69 Å². The molecule has 9 heteroatoms. The van der Waals surface area contributed by atoms with Gasteiger partial charge in [0, 0.05) is 31.0 Å². The van der Waals surface area contributed by atoms with Gasteiger partial charge >= 0.3 is 5.97 Å². The third-order valence-electron chi connectivity index (χ3n) is 5.68. The summed E-state index contributed by atoms with van der Waals surface area (Å²) >= 11 is 0. The molecular weight excluding hydrogens is 456 g/mol. The fourth-order valence-corrected chi connectivity index (χ4v) is 3.80. The van der Waals surface area contributed by atoms with Crippen molar-refractivity contribution < 1.29 is 14.3 Å². The molecule has 0 unspecified atom stereocenters. The van der Waals surface area contributed by atoms with E-state index in [-0.39, 0.29) is 31.4 Å². The Hall–Kier alpha value is -4.71. The lowest BCUT2D eigenvalue weighted by Crippen LogP contribution is -2.34. The van der Waals surface area contributed by atoms with Crippen LogP contribution in [0.2, 0.25) is 0 Å². The van der Waals surface area contributed by atoms with Crippen LogP contribution in [0.3, 0.4) is 0 Å². The van der Waals surface area contributed by atoms with E-state index in [1.54, 1.807) is 55.6 Å². The first-order chi connectivity index (χ1) is 17.5. The van der Waals surface area contributed by atoms with Gasteiger partial charge in [-0.25, -0.2) is 14.8 Å². The first-order valence-corrected chi connectivity index (χ1v) is 11.6. The van der Waals surface area contributed by atoms with Crippen LogP contribution < -0.4 is 10.2 Å². The van der Waals surface area contributed by atoms with Crippen molar-refractivity contribution in [2.24, 2.45) is 7.05 Å². The number of hydrogen-bond acceptors (Lipinski definition) is 6. The summed E-state index contributed by atoms with van der Waals surface area (Å²) in [6.07, 6.45) is 1.67. The summed E-state index contributed by atoms with van der Waals surface area (Å²) < 4.78 is 7.00. The number of nitrogens with zero attached hydrogens (tertiary/aromatic N) is 5. The standard InChI is InChI=1S/C27H26N6O3/c1-4-36-26(34)14-16-33(24-7-5-6-15-29-24)27(35)19-8-13-23-22(17-19)31-25(32(23)3)18-30-21-11-9-20(28-2)10-12-21/h5-13,15,17,30H,4,14,16,18H2,1,3H3. The average Bonchev–Trinajstić information content (AvgIpc) is 3.23. The molecule has 182 valence electrons. The second kappa shape index (κ2) is 11.1. The molecule has 0 aliphatic heterocycles. The van der Waals surface area contributed by atoms with E-state index in [9.17, 15) is 9.59 Å². The predicted molar refractivity (Wildman–Crippen MR) is 138 cm³/mol. The molecule has 0 radical (unpaired) electrons. The first kappa shape index (κ1) is 24.4. The molecule has 0 bridgehead atoms. The summed E-state index contributed by atoms with van der Waals surface area (Å²) in [5, 5.41) is 3.32. The number of carbonyl (C=O) groups excluding carboxylic acids is 2. The highest BCUT2D eigenvalue weighted by molar-refractivity contribution is 6.07. The molecule has 0 aliphatic rings. The van der Waals surface area contributed by atoms with E-state index in [1.807, 2.05) is 29.8 Å². The maximum atomic E-state index is 13.5. The Labute approximate surface area is 209 Å². The predicted octanol–water partition coefficient (Wildman–Crippen LogP) is 4.73. The average molecular weight is 483 g/mol. The second-order valence-electron chi connectivity index (χ2n) is 8.00. The minimum Gasteiger partial charge on any atom is -0.466 e. The zero-order valence-corrected chi connectivity index (χ0v) is 20.1. The zero-order chi connectivity index (χ0) is 25.5. The van der Waals surface area contributed by atoms with Gasteiger partial charge < -0.3 is 14.6 Å². The van der Waals surface area contributed by atoms with E-state index < -0.39 is 0 Å². The monoisotopic (exact) mass is 482 g/mol. The van der Waals surface area contributed by atoms with E-state index in [2.05, 4.69) is 15.1 Å². The number of nitrogens with one attached hydrogen (secondary N) is 1. The highest BCUT2D eigenvalue weighted by Gasteiger charge is 2.21.